The Morgan fingerprint density at radius 1 is 1.56 bits per heavy atom. The number of aliphatic hydroxyl groups is 1. The van der Waals surface area contributed by atoms with Gasteiger partial charge in [-0.25, -0.2) is 0 Å². The summed E-state index contributed by atoms with van der Waals surface area (Å²) >= 11 is 1.44. The Hall–Kier alpha value is -0.910. The molecule has 1 aromatic rings. The third-order valence-electron chi connectivity index (χ3n) is 1.90. The van der Waals surface area contributed by atoms with Crippen LogP contribution in [0.25, 0.3) is 0 Å². The van der Waals surface area contributed by atoms with E-state index in [1.165, 1.54) is 11.3 Å². The quantitative estimate of drug-likeness (QED) is 0.788. The second-order valence-corrected chi connectivity index (χ2v) is 5.34. The van der Waals surface area contributed by atoms with Crippen molar-refractivity contribution in [2.24, 2.45) is 5.73 Å². The number of thiophene rings is 1. The molecular weight excluding hydrogens is 226 g/mol. The monoisotopic (exact) mass is 243 g/mol. The Morgan fingerprint density at radius 2 is 2.19 bits per heavy atom. The third kappa shape index (κ3) is 3.59. The molecule has 1 rings (SSSR count). The zero-order valence-corrected chi connectivity index (χ0v) is 10.5. The summed E-state index contributed by atoms with van der Waals surface area (Å²) in [6, 6.07) is 0.688. The lowest BCUT2D eigenvalue weighted by atomic mass is 10.1. The topological polar surface area (TPSA) is 72.5 Å². The van der Waals surface area contributed by atoms with Crippen molar-refractivity contribution in [3.05, 3.63) is 22.4 Å². The molecular formula is C11H17NO3S. The van der Waals surface area contributed by atoms with Gasteiger partial charge in [0, 0.05) is 0 Å². The minimum Gasteiger partial charge on any atom is -0.459 e. The highest BCUT2D eigenvalue weighted by molar-refractivity contribution is 7.07. The Labute approximate surface area is 99.0 Å². The molecule has 1 heterocycles. The van der Waals surface area contributed by atoms with Gasteiger partial charge in [0.2, 0.25) is 0 Å². The van der Waals surface area contributed by atoms with Crippen molar-refractivity contribution in [1.82, 2.24) is 0 Å². The van der Waals surface area contributed by atoms with Crippen molar-refractivity contribution in [1.29, 1.82) is 0 Å². The van der Waals surface area contributed by atoms with E-state index in [1.54, 1.807) is 32.2 Å². The zero-order valence-electron chi connectivity index (χ0n) is 9.64. The van der Waals surface area contributed by atoms with E-state index in [9.17, 15) is 9.90 Å². The number of carbonyl (C=O) groups excluding carboxylic acids is 1. The summed E-state index contributed by atoms with van der Waals surface area (Å²) in [6.45, 7) is 5.28. The molecule has 5 heteroatoms. The summed E-state index contributed by atoms with van der Waals surface area (Å²) in [6.07, 6.45) is -1.01. The summed E-state index contributed by atoms with van der Waals surface area (Å²) in [5.41, 5.74) is 5.69. The van der Waals surface area contributed by atoms with Gasteiger partial charge in [0.25, 0.3) is 0 Å². The maximum Gasteiger partial charge on any atom is 0.326 e. The van der Waals surface area contributed by atoms with E-state index in [2.05, 4.69) is 0 Å². The Bertz CT molecular complexity index is 343. The second kappa shape index (κ2) is 4.95. The standard InChI is InChI=1S/C11H17NO3S/c1-11(2,3)15-10(14)8(12)9(13)7-4-5-16-6-7/h4-6,8-9,13H,12H2,1-3H3. The summed E-state index contributed by atoms with van der Waals surface area (Å²) in [4.78, 5) is 11.6. The molecule has 16 heavy (non-hydrogen) atoms. The molecule has 0 saturated heterocycles. The molecule has 0 aliphatic carbocycles. The second-order valence-electron chi connectivity index (χ2n) is 4.56. The normalized spacial score (nSPS) is 15.6. The largest absolute Gasteiger partial charge is 0.459 e. The highest BCUT2D eigenvalue weighted by Gasteiger charge is 2.28. The minimum atomic E-state index is -1.05. The van der Waals surface area contributed by atoms with Gasteiger partial charge in [-0.2, -0.15) is 11.3 Å². The Morgan fingerprint density at radius 3 is 2.62 bits per heavy atom. The molecule has 0 aliphatic rings. The molecule has 0 radical (unpaired) electrons. The fraction of sp³-hybridized carbons (Fsp3) is 0.545. The van der Waals surface area contributed by atoms with Crippen LogP contribution in [0.4, 0.5) is 0 Å². The number of aliphatic hydroxyl groups excluding tert-OH is 1. The van der Waals surface area contributed by atoms with Crippen LogP contribution in [-0.2, 0) is 9.53 Å². The van der Waals surface area contributed by atoms with Crippen molar-refractivity contribution in [2.75, 3.05) is 0 Å². The number of hydrogen-bond acceptors (Lipinski definition) is 5. The van der Waals surface area contributed by atoms with Crippen molar-refractivity contribution in [3.63, 3.8) is 0 Å². The van der Waals surface area contributed by atoms with E-state index in [0.717, 1.165) is 0 Å². The van der Waals surface area contributed by atoms with Gasteiger partial charge < -0.3 is 15.6 Å². The summed E-state index contributed by atoms with van der Waals surface area (Å²) in [7, 11) is 0. The van der Waals surface area contributed by atoms with Gasteiger partial charge >= 0.3 is 5.97 Å². The number of ether oxygens (including phenoxy) is 1. The van der Waals surface area contributed by atoms with E-state index in [0.29, 0.717) is 5.56 Å². The van der Waals surface area contributed by atoms with Crippen LogP contribution in [0.3, 0.4) is 0 Å². The summed E-state index contributed by atoms with van der Waals surface area (Å²) in [5, 5.41) is 13.4. The smallest absolute Gasteiger partial charge is 0.326 e. The first-order chi connectivity index (χ1) is 7.31. The SMILES string of the molecule is CC(C)(C)OC(=O)C(N)C(O)c1ccsc1. The molecule has 0 saturated carbocycles. The Balaban J connectivity index is 2.64. The fourth-order valence-electron chi connectivity index (χ4n) is 1.15. The molecule has 0 amide bonds. The molecule has 90 valence electrons. The highest BCUT2D eigenvalue weighted by Crippen LogP contribution is 2.20. The van der Waals surface area contributed by atoms with Gasteiger partial charge in [-0.3, -0.25) is 4.79 Å². The molecule has 3 N–H and O–H groups in total. The Kier molecular flexibility index (Phi) is 4.07. The lowest BCUT2D eigenvalue weighted by molar-refractivity contribution is -0.159. The van der Waals surface area contributed by atoms with Gasteiger partial charge in [0.1, 0.15) is 17.7 Å². The van der Waals surface area contributed by atoms with Crippen molar-refractivity contribution < 1.29 is 14.6 Å². The molecule has 0 bridgehead atoms. The van der Waals surface area contributed by atoms with Gasteiger partial charge in [-0.05, 0) is 43.2 Å². The van der Waals surface area contributed by atoms with Crippen molar-refractivity contribution >= 4 is 17.3 Å². The molecule has 1 aromatic heterocycles. The third-order valence-corrected chi connectivity index (χ3v) is 2.61. The number of hydrogen-bond donors (Lipinski definition) is 2. The van der Waals surface area contributed by atoms with Gasteiger partial charge in [0.05, 0.1) is 0 Å². The molecule has 2 atom stereocenters. The van der Waals surface area contributed by atoms with E-state index >= 15 is 0 Å². The maximum absolute atomic E-state index is 11.6. The highest BCUT2D eigenvalue weighted by atomic mass is 32.1. The van der Waals surface area contributed by atoms with Crippen LogP contribution < -0.4 is 5.73 Å². The summed E-state index contributed by atoms with van der Waals surface area (Å²) < 4.78 is 5.10. The van der Waals surface area contributed by atoms with Crippen LogP contribution in [0.15, 0.2) is 16.8 Å². The first kappa shape index (κ1) is 13.2. The molecule has 4 nitrogen and oxygen atoms in total. The van der Waals surface area contributed by atoms with E-state index in [4.69, 9.17) is 10.5 Å². The van der Waals surface area contributed by atoms with Crippen molar-refractivity contribution in [3.8, 4) is 0 Å². The van der Waals surface area contributed by atoms with Crippen LogP contribution in [0.2, 0.25) is 0 Å². The molecule has 0 aromatic carbocycles. The first-order valence-electron chi connectivity index (χ1n) is 5.00. The minimum absolute atomic E-state index is 0.591. The van der Waals surface area contributed by atoms with Gasteiger partial charge in [-0.1, -0.05) is 0 Å². The predicted molar refractivity (Wildman–Crippen MR) is 63.1 cm³/mol. The van der Waals surface area contributed by atoms with Crippen LogP contribution in [0.1, 0.15) is 32.4 Å². The van der Waals surface area contributed by atoms with Gasteiger partial charge in [-0.15, -0.1) is 0 Å². The lowest BCUT2D eigenvalue weighted by Crippen LogP contribution is -2.41. The molecule has 0 aliphatic heterocycles. The number of rotatable bonds is 3. The van der Waals surface area contributed by atoms with Crippen molar-refractivity contribution in [2.45, 2.75) is 38.5 Å². The van der Waals surface area contributed by atoms with E-state index in [1.807, 2.05) is 5.38 Å². The number of carbonyl (C=O) groups is 1. The maximum atomic E-state index is 11.6. The molecule has 0 fully saturated rings. The summed E-state index contributed by atoms with van der Waals surface area (Å²) in [5.74, 6) is -0.591. The number of esters is 1. The van der Waals surface area contributed by atoms with E-state index in [-0.39, 0.29) is 0 Å². The van der Waals surface area contributed by atoms with E-state index < -0.39 is 23.7 Å². The molecule has 2 unspecified atom stereocenters. The predicted octanol–water partition coefficient (Wildman–Crippen LogP) is 1.45. The lowest BCUT2D eigenvalue weighted by Gasteiger charge is -2.24. The average Bonchev–Trinajstić information content (AvgIpc) is 2.65. The zero-order chi connectivity index (χ0) is 12.3. The fourth-order valence-corrected chi connectivity index (χ4v) is 1.84. The molecule has 0 spiro atoms. The first-order valence-corrected chi connectivity index (χ1v) is 5.94. The van der Waals surface area contributed by atoms with Crippen LogP contribution in [0, 0.1) is 0 Å². The average molecular weight is 243 g/mol. The van der Waals surface area contributed by atoms with Gasteiger partial charge in [0.15, 0.2) is 0 Å². The van der Waals surface area contributed by atoms with Crippen LogP contribution in [-0.4, -0.2) is 22.7 Å². The van der Waals surface area contributed by atoms with Crippen LogP contribution >= 0.6 is 11.3 Å². The van der Waals surface area contributed by atoms with Crippen LogP contribution in [0.5, 0.6) is 0 Å². The number of nitrogens with two attached hydrogens (primary N) is 1.